The number of carbonyl (C=O) groups excluding carboxylic acids is 2. The van der Waals surface area contributed by atoms with Gasteiger partial charge in [-0.15, -0.1) is 11.8 Å². The number of hydrogen-bond donors (Lipinski definition) is 2. The Morgan fingerprint density at radius 1 is 1.35 bits per heavy atom. The van der Waals surface area contributed by atoms with Crippen LogP contribution in [-0.4, -0.2) is 51.5 Å². The van der Waals surface area contributed by atoms with Crippen LogP contribution in [0.25, 0.3) is 0 Å². The topological polar surface area (TPSA) is 86.7 Å². The van der Waals surface area contributed by atoms with Crippen molar-refractivity contribution in [1.82, 2.24) is 10.2 Å². The van der Waals surface area contributed by atoms with E-state index in [4.69, 9.17) is 5.11 Å². The summed E-state index contributed by atoms with van der Waals surface area (Å²) in [4.78, 5) is 36.5. The van der Waals surface area contributed by atoms with Crippen LogP contribution in [-0.2, 0) is 14.4 Å². The van der Waals surface area contributed by atoms with Crippen LogP contribution in [0, 0.1) is 5.92 Å². The fourth-order valence-corrected chi connectivity index (χ4v) is 3.68. The number of nitrogens with zero attached hydrogens (tertiary/aromatic N) is 1. The number of thioether (sulfide) groups is 1. The van der Waals surface area contributed by atoms with Crippen molar-refractivity contribution in [2.75, 3.05) is 11.6 Å². The van der Waals surface area contributed by atoms with E-state index in [0.29, 0.717) is 30.9 Å². The van der Waals surface area contributed by atoms with Crippen LogP contribution in [0.4, 0.5) is 0 Å². The van der Waals surface area contributed by atoms with Gasteiger partial charge >= 0.3 is 5.97 Å². The number of amides is 2. The number of nitrogens with one attached hydrogen (secondary N) is 1. The summed E-state index contributed by atoms with van der Waals surface area (Å²) >= 11 is 1.58. The van der Waals surface area contributed by atoms with Gasteiger partial charge in [-0.3, -0.25) is 14.4 Å². The van der Waals surface area contributed by atoms with Crippen LogP contribution in [0.15, 0.2) is 0 Å². The Balaban J connectivity index is 1.83. The molecule has 2 amide bonds. The minimum absolute atomic E-state index is 0.0228. The van der Waals surface area contributed by atoms with Gasteiger partial charge < -0.3 is 15.3 Å². The Morgan fingerprint density at radius 2 is 2.05 bits per heavy atom. The first-order valence-electron chi connectivity index (χ1n) is 6.93. The average molecular weight is 300 g/mol. The molecule has 20 heavy (non-hydrogen) atoms. The number of carboxylic acids is 1. The van der Waals surface area contributed by atoms with Gasteiger partial charge in [-0.2, -0.15) is 0 Å². The molecular formula is C13H20N2O4S. The predicted molar refractivity (Wildman–Crippen MR) is 75.2 cm³/mol. The lowest BCUT2D eigenvalue weighted by molar-refractivity contribution is -0.146. The van der Waals surface area contributed by atoms with Gasteiger partial charge in [0.25, 0.3) is 0 Å². The fourth-order valence-electron chi connectivity index (χ4n) is 2.50. The zero-order valence-corrected chi connectivity index (χ0v) is 12.3. The molecular weight excluding hydrogens is 280 g/mol. The molecule has 112 valence electrons. The quantitative estimate of drug-likeness (QED) is 0.779. The summed E-state index contributed by atoms with van der Waals surface area (Å²) in [6.07, 6.45) is 2.22. The molecule has 0 aromatic carbocycles. The third-order valence-electron chi connectivity index (χ3n) is 3.80. The lowest BCUT2D eigenvalue weighted by Crippen LogP contribution is -2.53. The highest BCUT2D eigenvalue weighted by Crippen LogP contribution is 2.28. The molecule has 0 bridgehead atoms. The molecule has 1 saturated heterocycles. The van der Waals surface area contributed by atoms with Crippen LogP contribution >= 0.6 is 11.8 Å². The summed E-state index contributed by atoms with van der Waals surface area (Å²) in [7, 11) is 0. The van der Waals surface area contributed by atoms with E-state index < -0.39 is 12.0 Å². The maximum Gasteiger partial charge on any atom is 0.306 e. The zero-order chi connectivity index (χ0) is 14.7. The zero-order valence-electron chi connectivity index (χ0n) is 11.5. The van der Waals surface area contributed by atoms with E-state index >= 15 is 0 Å². The van der Waals surface area contributed by atoms with Crippen molar-refractivity contribution in [3.05, 3.63) is 0 Å². The molecule has 0 spiro atoms. The van der Waals surface area contributed by atoms with Gasteiger partial charge in [0.1, 0.15) is 6.04 Å². The highest BCUT2D eigenvalue weighted by atomic mass is 32.2. The number of rotatable bonds is 5. The molecule has 0 aromatic heterocycles. The highest BCUT2D eigenvalue weighted by molar-refractivity contribution is 7.99. The predicted octanol–water partition coefficient (Wildman–Crippen LogP) is 0.667. The number of carboxylic acid groups (broad SMARTS) is 1. The van der Waals surface area contributed by atoms with E-state index in [1.165, 1.54) is 0 Å². The second-order valence-corrected chi connectivity index (χ2v) is 6.34. The molecule has 2 rings (SSSR count). The SMILES string of the molecule is CCCC(=O)N1CSCC1C(=O)NC1CC(C(=O)O)C1. The largest absolute Gasteiger partial charge is 0.481 e. The average Bonchev–Trinajstić information content (AvgIpc) is 2.81. The molecule has 1 aliphatic carbocycles. The molecule has 2 fully saturated rings. The van der Waals surface area contributed by atoms with Gasteiger partial charge in [0.2, 0.25) is 11.8 Å². The maximum atomic E-state index is 12.2. The van der Waals surface area contributed by atoms with Crippen molar-refractivity contribution in [2.45, 2.75) is 44.7 Å². The van der Waals surface area contributed by atoms with E-state index in [2.05, 4.69) is 5.32 Å². The number of carbonyl (C=O) groups is 3. The summed E-state index contributed by atoms with van der Waals surface area (Å²) in [5, 5.41) is 11.7. The first-order chi connectivity index (χ1) is 9.52. The Labute approximate surface area is 122 Å². The molecule has 6 nitrogen and oxygen atoms in total. The fraction of sp³-hybridized carbons (Fsp3) is 0.769. The molecule has 1 unspecified atom stereocenters. The van der Waals surface area contributed by atoms with Crippen LogP contribution in [0.2, 0.25) is 0 Å². The van der Waals surface area contributed by atoms with Crippen molar-refractivity contribution in [3.8, 4) is 0 Å². The summed E-state index contributed by atoms with van der Waals surface area (Å²) in [6.45, 7) is 1.94. The summed E-state index contributed by atoms with van der Waals surface area (Å²) in [5.41, 5.74) is 0. The van der Waals surface area contributed by atoms with Gasteiger partial charge in [0.05, 0.1) is 11.8 Å². The van der Waals surface area contributed by atoms with Gasteiger partial charge in [-0.25, -0.2) is 0 Å². The van der Waals surface area contributed by atoms with Crippen LogP contribution in [0.3, 0.4) is 0 Å². The van der Waals surface area contributed by atoms with Gasteiger partial charge in [-0.05, 0) is 19.3 Å². The van der Waals surface area contributed by atoms with Crippen LogP contribution in [0.5, 0.6) is 0 Å². The minimum atomic E-state index is -0.799. The third-order valence-corrected chi connectivity index (χ3v) is 4.82. The van der Waals surface area contributed by atoms with E-state index in [9.17, 15) is 14.4 Å². The molecule has 1 atom stereocenters. The molecule has 1 aliphatic heterocycles. The lowest BCUT2D eigenvalue weighted by Gasteiger charge is -2.34. The van der Waals surface area contributed by atoms with Crippen molar-refractivity contribution in [3.63, 3.8) is 0 Å². The van der Waals surface area contributed by atoms with Crippen molar-refractivity contribution < 1.29 is 19.5 Å². The van der Waals surface area contributed by atoms with E-state index in [1.54, 1.807) is 16.7 Å². The molecule has 1 heterocycles. The van der Waals surface area contributed by atoms with Gasteiger partial charge in [-0.1, -0.05) is 6.92 Å². The summed E-state index contributed by atoms with van der Waals surface area (Å²) in [6, 6.07) is -0.458. The molecule has 2 aliphatic rings. The van der Waals surface area contributed by atoms with E-state index in [-0.39, 0.29) is 23.8 Å². The first-order valence-corrected chi connectivity index (χ1v) is 8.08. The summed E-state index contributed by atoms with van der Waals surface area (Å²) < 4.78 is 0. The number of hydrogen-bond acceptors (Lipinski definition) is 4. The van der Waals surface area contributed by atoms with E-state index in [1.807, 2.05) is 6.92 Å². The highest BCUT2D eigenvalue weighted by Gasteiger charge is 2.39. The standard InChI is InChI=1S/C13H20N2O4S/c1-2-3-11(16)15-7-20-6-10(15)12(17)14-9-4-8(5-9)13(18)19/h8-10H,2-7H2,1H3,(H,14,17)(H,18,19). The Bertz CT molecular complexity index is 409. The Hall–Kier alpha value is -1.24. The lowest BCUT2D eigenvalue weighted by atomic mass is 9.80. The van der Waals surface area contributed by atoms with Crippen molar-refractivity contribution >= 4 is 29.5 Å². The maximum absolute atomic E-state index is 12.2. The summed E-state index contributed by atoms with van der Waals surface area (Å²) in [5.74, 6) is -0.0684. The Kier molecular flexibility index (Phi) is 4.91. The molecule has 2 N–H and O–H groups in total. The second-order valence-electron chi connectivity index (χ2n) is 5.34. The van der Waals surface area contributed by atoms with Crippen LogP contribution in [0.1, 0.15) is 32.6 Å². The molecule has 0 radical (unpaired) electrons. The third kappa shape index (κ3) is 3.26. The smallest absolute Gasteiger partial charge is 0.306 e. The molecule has 7 heteroatoms. The van der Waals surface area contributed by atoms with Crippen molar-refractivity contribution in [2.24, 2.45) is 5.92 Å². The molecule has 1 saturated carbocycles. The normalized spacial score (nSPS) is 28.9. The van der Waals surface area contributed by atoms with Gasteiger partial charge in [0.15, 0.2) is 0 Å². The second kappa shape index (κ2) is 6.47. The van der Waals surface area contributed by atoms with E-state index in [0.717, 1.165) is 6.42 Å². The first kappa shape index (κ1) is 15.2. The number of aliphatic carboxylic acids is 1. The van der Waals surface area contributed by atoms with Crippen molar-refractivity contribution in [1.29, 1.82) is 0 Å². The monoisotopic (exact) mass is 300 g/mol. The van der Waals surface area contributed by atoms with Gasteiger partial charge in [0, 0.05) is 18.2 Å². The minimum Gasteiger partial charge on any atom is -0.481 e. The Morgan fingerprint density at radius 3 is 2.65 bits per heavy atom. The molecule has 0 aromatic rings. The van der Waals surface area contributed by atoms with Crippen LogP contribution < -0.4 is 5.32 Å².